The van der Waals surface area contributed by atoms with Gasteiger partial charge in [-0.3, -0.25) is 0 Å². The highest BCUT2D eigenvalue weighted by Crippen LogP contribution is 2.32. The van der Waals surface area contributed by atoms with E-state index in [0.717, 1.165) is 18.4 Å². The largest absolute Gasteiger partial charge is 0.480 e. The summed E-state index contributed by atoms with van der Waals surface area (Å²) in [6.07, 6.45) is 2.85. The summed E-state index contributed by atoms with van der Waals surface area (Å²) in [5, 5.41) is 18.8. The second-order valence-corrected chi connectivity index (χ2v) is 6.31. The normalized spacial score (nSPS) is 25.9. The van der Waals surface area contributed by atoms with Gasteiger partial charge in [0.2, 0.25) is 0 Å². The summed E-state index contributed by atoms with van der Waals surface area (Å²) < 4.78 is 0. The van der Waals surface area contributed by atoms with Crippen molar-refractivity contribution in [2.45, 2.75) is 44.7 Å². The van der Waals surface area contributed by atoms with Crippen LogP contribution in [0.2, 0.25) is 0 Å². The van der Waals surface area contributed by atoms with Gasteiger partial charge in [-0.2, -0.15) is 11.3 Å². The lowest BCUT2D eigenvalue weighted by Crippen LogP contribution is -2.58. The summed E-state index contributed by atoms with van der Waals surface area (Å²) in [7, 11) is 0. The van der Waals surface area contributed by atoms with E-state index in [1.165, 1.54) is 0 Å². The summed E-state index contributed by atoms with van der Waals surface area (Å²) >= 11 is 1.57. The van der Waals surface area contributed by atoms with Crippen LogP contribution in [0, 0.1) is 5.92 Å². The van der Waals surface area contributed by atoms with E-state index < -0.39 is 17.5 Å². The lowest BCUT2D eigenvalue weighted by molar-refractivity contribution is -0.146. The van der Waals surface area contributed by atoms with E-state index in [0.29, 0.717) is 25.3 Å². The zero-order valence-corrected chi connectivity index (χ0v) is 12.3. The molecule has 6 heteroatoms. The van der Waals surface area contributed by atoms with Crippen molar-refractivity contribution >= 4 is 23.3 Å². The zero-order valence-electron chi connectivity index (χ0n) is 11.5. The molecule has 0 radical (unpaired) electrons. The van der Waals surface area contributed by atoms with Gasteiger partial charge in [-0.25, -0.2) is 9.59 Å². The maximum absolute atomic E-state index is 11.9. The molecule has 20 heavy (non-hydrogen) atoms. The first-order valence-corrected chi connectivity index (χ1v) is 7.76. The van der Waals surface area contributed by atoms with Gasteiger partial charge >= 0.3 is 12.0 Å². The number of hydrogen-bond acceptors (Lipinski definition) is 3. The molecule has 0 aromatic carbocycles. The van der Waals surface area contributed by atoms with Crippen molar-refractivity contribution in [3.63, 3.8) is 0 Å². The number of thiophene rings is 1. The Hall–Kier alpha value is -1.56. The average Bonchev–Trinajstić information content (AvgIpc) is 2.89. The Morgan fingerprint density at radius 1 is 1.55 bits per heavy atom. The van der Waals surface area contributed by atoms with Gasteiger partial charge in [0, 0.05) is 6.54 Å². The van der Waals surface area contributed by atoms with Crippen molar-refractivity contribution < 1.29 is 14.7 Å². The van der Waals surface area contributed by atoms with E-state index in [-0.39, 0.29) is 0 Å². The molecule has 2 amide bonds. The Morgan fingerprint density at radius 3 is 2.95 bits per heavy atom. The van der Waals surface area contributed by atoms with Crippen LogP contribution in [0.5, 0.6) is 0 Å². The van der Waals surface area contributed by atoms with Gasteiger partial charge in [0.15, 0.2) is 0 Å². The smallest absolute Gasteiger partial charge is 0.329 e. The maximum Gasteiger partial charge on any atom is 0.329 e. The third-order valence-corrected chi connectivity index (χ3v) is 4.52. The Balaban J connectivity index is 1.94. The van der Waals surface area contributed by atoms with Gasteiger partial charge in [0.1, 0.15) is 5.54 Å². The molecule has 0 saturated heterocycles. The molecule has 1 heterocycles. The van der Waals surface area contributed by atoms with Gasteiger partial charge in [-0.15, -0.1) is 0 Å². The van der Waals surface area contributed by atoms with Crippen molar-refractivity contribution in [3.8, 4) is 0 Å². The summed E-state index contributed by atoms with van der Waals surface area (Å²) in [5.41, 5.74) is -0.0947. The van der Waals surface area contributed by atoms with Crippen LogP contribution in [0.4, 0.5) is 4.79 Å². The van der Waals surface area contributed by atoms with Crippen LogP contribution in [-0.2, 0) is 11.3 Å². The number of carbonyl (C=O) groups is 2. The molecule has 2 rings (SSSR count). The maximum atomic E-state index is 11.9. The van der Waals surface area contributed by atoms with Gasteiger partial charge in [-0.05, 0) is 41.1 Å². The first-order valence-electron chi connectivity index (χ1n) is 6.82. The number of carboxylic acid groups (broad SMARTS) is 1. The Labute approximate surface area is 122 Å². The Bertz CT molecular complexity index is 475. The molecular formula is C14H20N2O3S. The van der Waals surface area contributed by atoms with Gasteiger partial charge in [0.05, 0.1) is 0 Å². The van der Waals surface area contributed by atoms with Gasteiger partial charge in [-0.1, -0.05) is 19.8 Å². The molecule has 110 valence electrons. The zero-order chi connectivity index (χ0) is 14.6. The van der Waals surface area contributed by atoms with E-state index in [4.69, 9.17) is 0 Å². The lowest BCUT2D eigenvalue weighted by Gasteiger charge is -2.36. The molecule has 0 bridgehead atoms. The SMILES string of the molecule is CC1CCCC(NC(=O)NCc2ccsc2)(C(=O)O)C1. The Morgan fingerprint density at radius 2 is 2.35 bits per heavy atom. The third-order valence-electron chi connectivity index (χ3n) is 3.79. The fraction of sp³-hybridized carbons (Fsp3) is 0.571. The van der Waals surface area contributed by atoms with Gasteiger partial charge < -0.3 is 15.7 Å². The molecule has 1 aromatic rings. The minimum atomic E-state index is -1.11. The molecule has 2 atom stereocenters. The lowest BCUT2D eigenvalue weighted by atomic mass is 9.76. The molecule has 5 nitrogen and oxygen atoms in total. The molecule has 0 spiro atoms. The number of amides is 2. The number of rotatable bonds is 4. The van der Waals surface area contributed by atoms with E-state index in [9.17, 15) is 14.7 Å². The van der Waals surface area contributed by atoms with Crippen LogP contribution >= 0.6 is 11.3 Å². The number of urea groups is 1. The van der Waals surface area contributed by atoms with Crippen LogP contribution in [-0.4, -0.2) is 22.6 Å². The number of carboxylic acids is 1. The fourth-order valence-corrected chi connectivity index (χ4v) is 3.42. The molecule has 3 N–H and O–H groups in total. The molecular weight excluding hydrogens is 276 g/mol. The monoisotopic (exact) mass is 296 g/mol. The standard InChI is InChI=1S/C14H20N2O3S/c1-10-3-2-5-14(7-10,12(17)18)16-13(19)15-8-11-4-6-20-9-11/h4,6,9-10H,2-3,5,7-8H2,1H3,(H,17,18)(H2,15,16,19). The van der Waals surface area contributed by atoms with Crippen molar-refractivity contribution in [1.82, 2.24) is 10.6 Å². The van der Waals surface area contributed by atoms with Crippen LogP contribution in [0.1, 0.15) is 38.2 Å². The first kappa shape index (κ1) is 14.8. The number of carbonyl (C=O) groups excluding carboxylic acids is 1. The summed E-state index contributed by atoms with van der Waals surface area (Å²) in [6.45, 7) is 2.45. The second kappa shape index (κ2) is 6.26. The molecule has 1 aromatic heterocycles. The molecule has 1 aliphatic rings. The average molecular weight is 296 g/mol. The van der Waals surface area contributed by atoms with Crippen molar-refractivity contribution in [3.05, 3.63) is 22.4 Å². The van der Waals surface area contributed by atoms with E-state index in [2.05, 4.69) is 10.6 Å². The fourth-order valence-electron chi connectivity index (χ4n) is 2.75. The minimum absolute atomic E-state index is 0.317. The predicted octanol–water partition coefficient (Wildman–Crippen LogP) is 2.58. The van der Waals surface area contributed by atoms with Crippen LogP contribution in [0.15, 0.2) is 16.8 Å². The topological polar surface area (TPSA) is 78.4 Å². The molecule has 1 saturated carbocycles. The Kier molecular flexibility index (Phi) is 4.65. The second-order valence-electron chi connectivity index (χ2n) is 5.53. The van der Waals surface area contributed by atoms with Crippen LogP contribution < -0.4 is 10.6 Å². The number of hydrogen-bond donors (Lipinski definition) is 3. The summed E-state index contributed by atoms with van der Waals surface area (Å²) in [5.74, 6) is -0.619. The summed E-state index contributed by atoms with van der Waals surface area (Å²) in [6, 6.07) is 1.52. The van der Waals surface area contributed by atoms with Crippen LogP contribution in [0.25, 0.3) is 0 Å². The predicted molar refractivity (Wildman–Crippen MR) is 77.7 cm³/mol. The number of aliphatic carboxylic acids is 1. The highest BCUT2D eigenvalue weighted by Gasteiger charge is 2.43. The molecule has 0 aliphatic heterocycles. The summed E-state index contributed by atoms with van der Waals surface area (Å²) in [4.78, 5) is 23.5. The number of nitrogens with one attached hydrogen (secondary N) is 2. The van der Waals surface area contributed by atoms with Crippen molar-refractivity contribution in [2.24, 2.45) is 5.92 Å². The molecule has 1 aliphatic carbocycles. The highest BCUT2D eigenvalue weighted by molar-refractivity contribution is 7.07. The van der Waals surface area contributed by atoms with Crippen LogP contribution in [0.3, 0.4) is 0 Å². The highest BCUT2D eigenvalue weighted by atomic mass is 32.1. The van der Waals surface area contributed by atoms with Crippen molar-refractivity contribution in [2.75, 3.05) is 0 Å². The van der Waals surface area contributed by atoms with E-state index >= 15 is 0 Å². The first-order chi connectivity index (χ1) is 9.52. The molecule has 1 fully saturated rings. The minimum Gasteiger partial charge on any atom is -0.480 e. The third kappa shape index (κ3) is 3.50. The quantitative estimate of drug-likeness (QED) is 0.799. The van der Waals surface area contributed by atoms with E-state index in [1.54, 1.807) is 11.3 Å². The van der Waals surface area contributed by atoms with Gasteiger partial charge in [0.25, 0.3) is 0 Å². The molecule has 2 unspecified atom stereocenters. The van der Waals surface area contributed by atoms with Crippen molar-refractivity contribution in [1.29, 1.82) is 0 Å². The van der Waals surface area contributed by atoms with E-state index in [1.807, 2.05) is 23.8 Å².